The number of hydrogen-bond acceptors (Lipinski definition) is 1. The zero-order valence-corrected chi connectivity index (χ0v) is 9.39. The predicted molar refractivity (Wildman–Crippen MR) is 66.6 cm³/mol. The first kappa shape index (κ1) is 10.6. The molecule has 0 aliphatic carbocycles. The zero-order valence-electron chi connectivity index (χ0n) is 9.39. The third-order valence-corrected chi connectivity index (χ3v) is 2.59. The smallest absolute Gasteiger partial charge is 0.118 e. The molecule has 16 heavy (non-hydrogen) atoms. The lowest BCUT2D eigenvalue weighted by Crippen LogP contribution is -1.99. The molecule has 2 nitrogen and oxygen atoms in total. The molecule has 1 aromatic carbocycles. The maximum atomic E-state index is 5.13. The lowest BCUT2D eigenvalue weighted by molar-refractivity contribution is 0.414. The first-order valence-corrected chi connectivity index (χ1v) is 5.24. The van der Waals surface area contributed by atoms with Crippen LogP contribution in [0.3, 0.4) is 0 Å². The molecule has 2 rings (SSSR count). The molecule has 0 N–H and O–H groups in total. The van der Waals surface area contributed by atoms with Crippen molar-refractivity contribution in [2.24, 2.45) is 0 Å². The molecule has 0 amide bonds. The van der Waals surface area contributed by atoms with Crippen LogP contribution in [0.2, 0.25) is 0 Å². The Labute approximate surface area is 95.8 Å². The van der Waals surface area contributed by atoms with Gasteiger partial charge >= 0.3 is 0 Å². The van der Waals surface area contributed by atoms with Crippen LogP contribution < -0.4 is 4.74 Å². The van der Waals surface area contributed by atoms with Gasteiger partial charge in [0.25, 0.3) is 0 Å². The fraction of sp³-hybridized carbons (Fsp3) is 0.143. The number of rotatable bonds is 4. The number of aromatic nitrogens is 1. The van der Waals surface area contributed by atoms with Crippen LogP contribution in [0.1, 0.15) is 11.3 Å². The second-order valence-corrected chi connectivity index (χ2v) is 3.61. The summed E-state index contributed by atoms with van der Waals surface area (Å²) in [5.41, 5.74) is 2.39. The van der Waals surface area contributed by atoms with Gasteiger partial charge in [-0.1, -0.05) is 18.7 Å². The fourth-order valence-corrected chi connectivity index (χ4v) is 1.68. The molecular weight excluding hydrogens is 198 g/mol. The number of ether oxygens (including phenoxy) is 1. The van der Waals surface area contributed by atoms with Gasteiger partial charge in [0, 0.05) is 18.4 Å². The average Bonchev–Trinajstić information content (AvgIpc) is 2.77. The molecule has 1 heterocycles. The first-order chi connectivity index (χ1) is 7.83. The maximum Gasteiger partial charge on any atom is 0.118 e. The summed E-state index contributed by atoms with van der Waals surface area (Å²) in [5.74, 6) is 0.889. The molecule has 1 aromatic heterocycles. The van der Waals surface area contributed by atoms with Gasteiger partial charge in [-0.2, -0.15) is 0 Å². The van der Waals surface area contributed by atoms with E-state index in [4.69, 9.17) is 4.74 Å². The van der Waals surface area contributed by atoms with Crippen LogP contribution in [-0.2, 0) is 6.54 Å². The SMILES string of the molecule is C=Cc1cccn1Cc1ccc(OC)cc1. The minimum absolute atomic E-state index is 0.859. The van der Waals surface area contributed by atoms with Gasteiger partial charge in [-0.3, -0.25) is 0 Å². The molecule has 0 radical (unpaired) electrons. The lowest BCUT2D eigenvalue weighted by Gasteiger charge is -2.07. The molecule has 0 unspecified atom stereocenters. The van der Waals surface area contributed by atoms with E-state index in [1.165, 1.54) is 5.56 Å². The van der Waals surface area contributed by atoms with Gasteiger partial charge in [-0.25, -0.2) is 0 Å². The van der Waals surface area contributed by atoms with Crippen LogP contribution >= 0.6 is 0 Å². The molecule has 82 valence electrons. The van der Waals surface area contributed by atoms with Gasteiger partial charge in [0.05, 0.1) is 7.11 Å². The molecule has 0 aliphatic rings. The van der Waals surface area contributed by atoms with Crippen LogP contribution in [-0.4, -0.2) is 11.7 Å². The quantitative estimate of drug-likeness (QED) is 0.760. The van der Waals surface area contributed by atoms with Gasteiger partial charge in [0.2, 0.25) is 0 Å². The Hall–Kier alpha value is -1.96. The number of hydrogen-bond donors (Lipinski definition) is 0. The second-order valence-electron chi connectivity index (χ2n) is 3.61. The van der Waals surface area contributed by atoms with Crippen LogP contribution in [0.25, 0.3) is 6.08 Å². The molecule has 2 heteroatoms. The number of benzene rings is 1. The lowest BCUT2D eigenvalue weighted by atomic mass is 10.2. The van der Waals surface area contributed by atoms with Crippen LogP contribution in [0.4, 0.5) is 0 Å². The summed E-state index contributed by atoms with van der Waals surface area (Å²) in [5, 5.41) is 0. The highest BCUT2D eigenvalue weighted by Gasteiger charge is 1.98. The first-order valence-electron chi connectivity index (χ1n) is 5.24. The fourth-order valence-electron chi connectivity index (χ4n) is 1.68. The van der Waals surface area contributed by atoms with E-state index in [2.05, 4.69) is 35.5 Å². The minimum atomic E-state index is 0.859. The van der Waals surface area contributed by atoms with Gasteiger partial charge in [0.15, 0.2) is 0 Å². The summed E-state index contributed by atoms with van der Waals surface area (Å²) >= 11 is 0. The van der Waals surface area contributed by atoms with E-state index >= 15 is 0 Å². The summed E-state index contributed by atoms with van der Waals surface area (Å²) in [4.78, 5) is 0. The molecule has 0 aliphatic heterocycles. The Balaban J connectivity index is 2.17. The Morgan fingerprint density at radius 2 is 2.00 bits per heavy atom. The maximum absolute atomic E-state index is 5.13. The third-order valence-electron chi connectivity index (χ3n) is 2.59. The van der Waals surface area contributed by atoms with E-state index in [-0.39, 0.29) is 0 Å². The molecule has 0 fully saturated rings. The van der Waals surface area contributed by atoms with Crippen LogP contribution in [0, 0.1) is 0 Å². The van der Waals surface area contributed by atoms with Gasteiger partial charge in [-0.05, 0) is 35.9 Å². The zero-order chi connectivity index (χ0) is 11.4. The van der Waals surface area contributed by atoms with E-state index in [0.29, 0.717) is 0 Å². The molecule has 0 spiro atoms. The van der Waals surface area contributed by atoms with Crippen molar-refractivity contribution in [1.82, 2.24) is 4.57 Å². The summed E-state index contributed by atoms with van der Waals surface area (Å²) in [6.45, 7) is 4.65. The van der Waals surface area contributed by atoms with Crippen molar-refractivity contribution in [3.05, 3.63) is 60.4 Å². The third kappa shape index (κ3) is 2.16. The summed E-state index contributed by atoms with van der Waals surface area (Å²) in [7, 11) is 1.68. The van der Waals surface area contributed by atoms with Crippen molar-refractivity contribution in [2.45, 2.75) is 6.54 Å². The van der Waals surface area contributed by atoms with Crippen molar-refractivity contribution < 1.29 is 4.74 Å². The monoisotopic (exact) mass is 213 g/mol. The number of nitrogens with zero attached hydrogens (tertiary/aromatic N) is 1. The summed E-state index contributed by atoms with van der Waals surface area (Å²) in [6, 6.07) is 12.2. The highest BCUT2D eigenvalue weighted by molar-refractivity contribution is 5.43. The molecular formula is C14H15NO. The minimum Gasteiger partial charge on any atom is -0.497 e. The van der Waals surface area contributed by atoms with Crippen LogP contribution in [0.15, 0.2) is 49.2 Å². The standard InChI is InChI=1S/C14H15NO/c1-3-13-5-4-10-15(13)11-12-6-8-14(16-2)9-7-12/h3-10H,1,11H2,2H3. The van der Waals surface area contributed by atoms with E-state index in [1.54, 1.807) is 7.11 Å². The van der Waals surface area contributed by atoms with Crippen molar-refractivity contribution >= 4 is 6.08 Å². The predicted octanol–water partition coefficient (Wildman–Crippen LogP) is 3.19. The van der Waals surface area contributed by atoms with Crippen LogP contribution in [0.5, 0.6) is 5.75 Å². The van der Waals surface area contributed by atoms with Gasteiger partial charge in [-0.15, -0.1) is 0 Å². The van der Waals surface area contributed by atoms with Crippen molar-refractivity contribution in [3.63, 3.8) is 0 Å². The molecule has 0 bridgehead atoms. The Morgan fingerprint density at radius 3 is 2.62 bits per heavy atom. The van der Waals surface area contributed by atoms with E-state index in [0.717, 1.165) is 18.0 Å². The van der Waals surface area contributed by atoms with Gasteiger partial charge < -0.3 is 9.30 Å². The highest BCUT2D eigenvalue weighted by atomic mass is 16.5. The van der Waals surface area contributed by atoms with E-state index in [1.807, 2.05) is 24.3 Å². The molecule has 2 aromatic rings. The van der Waals surface area contributed by atoms with Crippen molar-refractivity contribution in [3.8, 4) is 5.75 Å². The molecule has 0 saturated carbocycles. The topological polar surface area (TPSA) is 14.2 Å². The number of methoxy groups -OCH3 is 1. The second kappa shape index (κ2) is 4.71. The van der Waals surface area contributed by atoms with E-state index < -0.39 is 0 Å². The van der Waals surface area contributed by atoms with Crippen molar-refractivity contribution in [1.29, 1.82) is 0 Å². The Bertz CT molecular complexity index is 468. The largest absolute Gasteiger partial charge is 0.497 e. The summed E-state index contributed by atoms with van der Waals surface area (Å²) < 4.78 is 7.29. The Morgan fingerprint density at radius 1 is 1.25 bits per heavy atom. The Kier molecular flexibility index (Phi) is 3.10. The molecule has 0 saturated heterocycles. The molecule has 0 atom stereocenters. The summed E-state index contributed by atoms with van der Waals surface area (Å²) in [6.07, 6.45) is 3.92. The normalized spacial score (nSPS) is 10.1. The van der Waals surface area contributed by atoms with E-state index in [9.17, 15) is 0 Å². The highest BCUT2D eigenvalue weighted by Crippen LogP contribution is 2.13. The average molecular weight is 213 g/mol. The van der Waals surface area contributed by atoms with Crippen molar-refractivity contribution in [2.75, 3.05) is 7.11 Å². The van der Waals surface area contributed by atoms with Gasteiger partial charge in [0.1, 0.15) is 5.75 Å².